The van der Waals surface area contributed by atoms with Crippen molar-refractivity contribution in [3.8, 4) is 0 Å². The third-order valence-electron chi connectivity index (χ3n) is 8.02. The molecule has 0 amide bonds. The minimum Gasteiger partial charge on any atom is -0.493 e. The Morgan fingerprint density at radius 3 is 2.48 bits per heavy atom. The Kier molecular flexibility index (Phi) is 4.05. The summed E-state index contributed by atoms with van der Waals surface area (Å²) < 4.78 is 10.9. The molecular weight excluding hydrogens is 352 g/mol. The molecule has 0 aromatic carbocycles. The summed E-state index contributed by atoms with van der Waals surface area (Å²) >= 11 is 0. The van der Waals surface area contributed by atoms with Crippen LogP contribution in [-0.4, -0.2) is 58.1 Å². The van der Waals surface area contributed by atoms with E-state index in [4.69, 9.17) is 9.47 Å². The van der Waals surface area contributed by atoms with E-state index in [1.807, 2.05) is 6.92 Å². The molecule has 0 bridgehead atoms. The van der Waals surface area contributed by atoms with Crippen LogP contribution in [0.1, 0.15) is 33.6 Å². The van der Waals surface area contributed by atoms with Crippen molar-refractivity contribution in [1.29, 1.82) is 0 Å². The number of carbonyl (C=O) groups excluding carboxylic acids is 2. The third-order valence-corrected chi connectivity index (χ3v) is 8.02. The molecule has 150 valence electrons. The highest BCUT2D eigenvalue weighted by molar-refractivity contribution is 5.99. The summed E-state index contributed by atoms with van der Waals surface area (Å²) in [5, 5.41) is 33.2. The Bertz CT molecular complexity index is 717. The molecule has 3 aliphatic carbocycles. The normalized spacial score (nSPS) is 54.4. The molecule has 0 aromatic rings. The van der Waals surface area contributed by atoms with E-state index >= 15 is 0 Å². The van der Waals surface area contributed by atoms with Crippen LogP contribution in [0.2, 0.25) is 0 Å². The van der Waals surface area contributed by atoms with E-state index in [1.54, 1.807) is 19.9 Å². The molecule has 4 rings (SSSR count). The minimum atomic E-state index is -1.52. The molecule has 0 spiro atoms. The van der Waals surface area contributed by atoms with Gasteiger partial charge in [-0.15, -0.1) is 0 Å². The monoisotopic (exact) mass is 380 g/mol. The number of aliphatic hydroxyl groups excluding tert-OH is 2. The number of rotatable bonds is 1. The Morgan fingerprint density at radius 2 is 1.85 bits per heavy atom. The van der Waals surface area contributed by atoms with E-state index in [0.29, 0.717) is 6.42 Å². The SMILES string of the molecule is COC1=C[C@@H](C)[C@@H]2C[C@H]3OC(=O)C[C@]4(O)[C@H]3[C@H]([C@H](O)[C@@H](O)[C@@H]4C)[C@@]2(C)C1=O. The number of ether oxygens (including phenoxy) is 2. The van der Waals surface area contributed by atoms with Crippen molar-refractivity contribution in [1.82, 2.24) is 0 Å². The first-order valence-corrected chi connectivity index (χ1v) is 9.66. The molecule has 0 radical (unpaired) electrons. The number of allylic oxidation sites excluding steroid dienone is 2. The van der Waals surface area contributed by atoms with Crippen LogP contribution in [-0.2, 0) is 19.1 Å². The molecule has 1 heterocycles. The second kappa shape index (κ2) is 5.78. The number of carbonyl (C=O) groups is 2. The van der Waals surface area contributed by atoms with Gasteiger partial charge in [0.05, 0.1) is 31.3 Å². The lowest BCUT2D eigenvalue weighted by Gasteiger charge is -2.65. The van der Waals surface area contributed by atoms with Gasteiger partial charge in [-0.25, -0.2) is 0 Å². The van der Waals surface area contributed by atoms with E-state index < -0.39 is 53.1 Å². The molecule has 1 saturated heterocycles. The minimum absolute atomic E-state index is 0.0407. The first kappa shape index (κ1) is 18.9. The average Bonchev–Trinajstić information content (AvgIpc) is 2.61. The van der Waals surface area contributed by atoms with Crippen molar-refractivity contribution in [2.24, 2.45) is 35.0 Å². The van der Waals surface area contributed by atoms with Crippen molar-refractivity contribution in [3.05, 3.63) is 11.8 Å². The van der Waals surface area contributed by atoms with Gasteiger partial charge in [-0.1, -0.05) is 20.8 Å². The second-order valence-electron chi connectivity index (χ2n) is 9.07. The number of hydrogen-bond donors (Lipinski definition) is 3. The Morgan fingerprint density at radius 1 is 1.19 bits per heavy atom. The van der Waals surface area contributed by atoms with Gasteiger partial charge in [0.2, 0.25) is 5.78 Å². The molecule has 4 aliphatic rings. The largest absolute Gasteiger partial charge is 0.493 e. The fraction of sp³-hybridized carbons (Fsp3) is 0.800. The van der Waals surface area contributed by atoms with Crippen molar-refractivity contribution < 1.29 is 34.4 Å². The summed E-state index contributed by atoms with van der Waals surface area (Å²) in [6, 6.07) is 0. The first-order valence-electron chi connectivity index (χ1n) is 9.66. The third kappa shape index (κ3) is 2.19. The number of aliphatic hydroxyl groups is 3. The zero-order valence-electron chi connectivity index (χ0n) is 16.1. The second-order valence-corrected chi connectivity index (χ2v) is 9.07. The van der Waals surface area contributed by atoms with Crippen LogP contribution in [0.3, 0.4) is 0 Å². The molecule has 2 saturated carbocycles. The van der Waals surface area contributed by atoms with E-state index in [2.05, 4.69) is 0 Å². The van der Waals surface area contributed by atoms with Crippen LogP contribution in [0.15, 0.2) is 11.8 Å². The van der Waals surface area contributed by atoms with E-state index in [0.717, 1.165) is 0 Å². The molecule has 27 heavy (non-hydrogen) atoms. The Balaban J connectivity index is 1.91. The number of esters is 1. The number of hydrogen-bond acceptors (Lipinski definition) is 7. The summed E-state index contributed by atoms with van der Waals surface area (Å²) in [6.07, 6.45) is -1.06. The summed E-state index contributed by atoms with van der Waals surface area (Å²) in [4.78, 5) is 25.6. The number of fused-ring (bicyclic) bond motifs is 2. The fourth-order valence-electron chi connectivity index (χ4n) is 6.58. The highest BCUT2D eigenvalue weighted by Gasteiger charge is 2.72. The van der Waals surface area contributed by atoms with Crippen LogP contribution in [0, 0.1) is 35.0 Å². The van der Waals surface area contributed by atoms with E-state index in [1.165, 1.54) is 7.11 Å². The molecule has 3 fully saturated rings. The van der Waals surface area contributed by atoms with Gasteiger partial charge in [-0.2, -0.15) is 0 Å². The predicted octanol–water partition coefficient (Wildman–Crippen LogP) is 0.412. The highest BCUT2D eigenvalue weighted by Crippen LogP contribution is 2.63. The summed E-state index contributed by atoms with van der Waals surface area (Å²) in [5.41, 5.74) is -2.55. The molecule has 0 aromatic heterocycles. The van der Waals surface area contributed by atoms with Gasteiger partial charge in [-0.3, -0.25) is 9.59 Å². The Labute approximate surface area is 158 Å². The van der Waals surface area contributed by atoms with Gasteiger partial charge in [0.1, 0.15) is 6.10 Å². The molecule has 7 nitrogen and oxygen atoms in total. The zero-order chi connectivity index (χ0) is 19.9. The van der Waals surface area contributed by atoms with Crippen LogP contribution in [0.4, 0.5) is 0 Å². The topological polar surface area (TPSA) is 113 Å². The van der Waals surface area contributed by atoms with Gasteiger partial charge < -0.3 is 24.8 Å². The van der Waals surface area contributed by atoms with Crippen molar-refractivity contribution in [2.75, 3.05) is 7.11 Å². The van der Waals surface area contributed by atoms with E-state index in [-0.39, 0.29) is 29.8 Å². The van der Waals surface area contributed by atoms with Gasteiger partial charge in [-0.05, 0) is 24.3 Å². The fourth-order valence-corrected chi connectivity index (χ4v) is 6.58. The Hall–Kier alpha value is -1.44. The summed E-state index contributed by atoms with van der Waals surface area (Å²) in [5.74, 6) is -2.77. The van der Waals surface area contributed by atoms with Crippen molar-refractivity contribution >= 4 is 11.8 Å². The quantitative estimate of drug-likeness (QED) is 0.565. The molecule has 0 unspecified atom stereocenters. The molecule has 1 aliphatic heterocycles. The van der Waals surface area contributed by atoms with Gasteiger partial charge in [0, 0.05) is 23.2 Å². The summed E-state index contributed by atoms with van der Waals surface area (Å²) in [7, 11) is 1.44. The number of ketones is 1. The lowest BCUT2D eigenvalue weighted by Crippen LogP contribution is -2.74. The van der Waals surface area contributed by atoms with Gasteiger partial charge >= 0.3 is 5.97 Å². The van der Waals surface area contributed by atoms with Crippen molar-refractivity contribution in [3.63, 3.8) is 0 Å². The lowest BCUT2D eigenvalue weighted by atomic mass is 9.42. The maximum Gasteiger partial charge on any atom is 0.309 e. The predicted molar refractivity (Wildman–Crippen MR) is 93.1 cm³/mol. The van der Waals surface area contributed by atoms with Crippen LogP contribution < -0.4 is 0 Å². The number of methoxy groups -OCH3 is 1. The standard InChI is InChI=1S/C20H28O7/c1-8-5-12(26-4)18(24)19(3)10(8)6-11-14-15(19)17(23)16(22)9(2)20(14,25)7-13(21)27-11/h5,8-11,14-17,22-23,25H,6-7H2,1-4H3/t8-,9+,10+,11-,14-,15-,16+,17+,19+,20-/m1/s1. The van der Waals surface area contributed by atoms with E-state index in [9.17, 15) is 24.9 Å². The van der Waals surface area contributed by atoms with Crippen LogP contribution >= 0.6 is 0 Å². The highest BCUT2D eigenvalue weighted by atomic mass is 16.5. The first-order chi connectivity index (χ1) is 12.6. The smallest absolute Gasteiger partial charge is 0.309 e. The van der Waals surface area contributed by atoms with Crippen molar-refractivity contribution in [2.45, 2.75) is 57.5 Å². The average molecular weight is 380 g/mol. The summed E-state index contributed by atoms with van der Waals surface area (Å²) in [6.45, 7) is 5.41. The molecular formula is C20H28O7. The van der Waals surface area contributed by atoms with Gasteiger partial charge in [0.25, 0.3) is 0 Å². The lowest BCUT2D eigenvalue weighted by molar-refractivity contribution is -0.288. The van der Waals surface area contributed by atoms with Gasteiger partial charge in [0.15, 0.2) is 5.76 Å². The maximum atomic E-state index is 13.4. The molecule has 7 heteroatoms. The van der Waals surface area contributed by atoms with Crippen LogP contribution in [0.25, 0.3) is 0 Å². The maximum absolute atomic E-state index is 13.4. The molecule has 3 N–H and O–H groups in total. The zero-order valence-corrected chi connectivity index (χ0v) is 16.1. The van der Waals surface area contributed by atoms with Crippen LogP contribution in [0.5, 0.6) is 0 Å². The number of Topliss-reactive ketones (excluding diaryl/α,β-unsaturated/α-hetero) is 1. The molecule has 10 atom stereocenters.